The normalized spacial score (nSPS) is 10.9. The molecule has 1 amide bonds. The molecular weight excluding hydrogens is 387 g/mol. The Morgan fingerprint density at radius 1 is 1.15 bits per heavy atom. The average Bonchev–Trinajstić information content (AvgIpc) is 2.59. The zero-order chi connectivity index (χ0) is 19.3. The van der Waals surface area contributed by atoms with Gasteiger partial charge in [0, 0.05) is 16.3 Å². The molecular formula is C16H14ClFN2O5S. The number of sulfonamides is 1. The second-order valence-electron chi connectivity index (χ2n) is 5.02. The van der Waals surface area contributed by atoms with Crippen LogP contribution in [0.5, 0.6) is 0 Å². The number of nitrogens with one attached hydrogen (secondary N) is 2. The van der Waals surface area contributed by atoms with Gasteiger partial charge in [0.25, 0.3) is 15.9 Å². The number of amides is 1. The molecule has 0 aliphatic rings. The fraction of sp³-hybridized carbons (Fsp3) is 0.125. The highest BCUT2D eigenvalue weighted by Gasteiger charge is 2.19. The van der Waals surface area contributed by atoms with Crippen LogP contribution in [0.15, 0.2) is 47.4 Å². The van der Waals surface area contributed by atoms with E-state index < -0.39 is 32.6 Å². The highest BCUT2D eigenvalue weighted by Crippen LogP contribution is 2.22. The summed E-state index contributed by atoms with van der Waals surface area (Å²) in [5, 5.41) is 2.41. The molecule has 0 aliphatic carbocycles. The summed E-state index contributed by atoms with van der Waals surface area (Å²) in [5.41, 5.74) is 0.332. The Labute approximate surface area is 154 Å². The minimum absolute atomic E-state index is 0.0729. The third kappa shape index (κ3) is 4.93. The maximum absolute atomic E-state index is 13.8. The van der Waals surface area contributed by atoms with Crippen LogP contribution in [0.4, 0.5) is 10.1 Å². The SMILES string of the molecule is COC(=O)CNC(=O)c1ccc(NS(=O)(=O)c2ccc(Cl)cc2F)cc1. The largest absolute Gasteiger partial charge is 0.468 e. The van der Waals surface area contributed by atoms with Crippen molar-refractivity contribution in [2.24, 2.45) is 0 Å². The maximum Gasteiger partial charge on any atom is 0.325 e. The molecule has 0 saturated heterocycles. The van der Waals surface area contributed by atoms with E-state index in [4.69, 9.17) is 11.6 Å². The standard InChI is InChI=1S/C16H14ClFN2O5S/c1-25-15(21)9-19-16(22)10-2-5-12(6-3-10)20-26(23,24)14-7-4-11(17)8-13(14)18/h2-8,20H,9H2,1H3,(H,19,22). The first-order valence-electron chi connectivity index (χ1n) is 7.16. The summed E-state index contributed by atoms with van der Waals surface area (Å²) >= 11 is 5.61. The van der Waals surface area contributed by atoms with Gasteiger partial charge in [-0.25, -0.2) is 12.8 Å². The van der Waals surface area contributed by atoms with Crippen LogP contribution in [0, 0.1) is 5.82 Å². The van der Waals surface area contributed by atoms with Crippen LogP contribution in [-0.2, 0) is 19.6 Å². The number of benzene rings is 2. The molecule has 0 spiro atoms. The Morgan fingerprint density at radius 3 is 2.38 bits per heavy atom. The van der Waals surface area contributed by atoms with Gasteiger partial charge in [0.15, 0.2) is 0 Å². The molecule has 0 aromatic heterocycles. The number of carbonyl (C=O) groups excluding carboxylic acids is 2. The van der Waals surface area contributed by atoms with Crippen LogP contribution in [0.2, 0.25) is 5.02 Å². The summed E-state index contributed by atoms with van der Waals surface area (Å²) in [6.45, 7) is -0.292. The van der Waals surface area contributed by atoms with E-state index in [0.29, 0.717) is 0 Å². The summed E-state index contributed by atoms with van der Waals surface area (Å²) in [6, 6.07) is 8.57. The molecule has 0 radical (unpaired) electrons. The highest BCUT2D eigenvalue weighted by molar-refractivity contribution is 7.92. The van der Waals surface area contributed by atoms with E-state index in [9.17, 15) is 22.4 Å². The van der Waals surface area contributed by atoms with Gasteiger partial charge < -0.3 is 10.1 Å². The topological polar surface area (TPSA) is 102 Å². The number of hydrogen-bond acceptors (Lipinski definition) is 5. The van der Waals surface area contributed by atoms with Crippen molar-refractivity contribution < 1.29 is 27.1 Å². The average molecular weight is 401 g/mol. The first-order valence-corrected chi connectivity index (χ1v) is 9.02. The van der Waals surface area contributed by atoms with E-state index in [0.717, 1.165) is 12.1 Å². The summed E-state index contributed by atoms with van der Waals surface area (Å²) in [6.07, 6.45) is 0. The summed E-state index contributed by atoms with van der Waals surface area (Å²) in [7, 11) is -2.97. The number of anilines is 1. The van der Waals surface area contributed by atoms with Gasteiger partial charge in [0.05, 0.1) is 7.11 Å². The number of hydrogen-bond donors (Lipinski definition) is 2. The molecule has 2 aromatic rings. The molecule has 0 heterocycles. The Bertz CT molecular complexity index is 932. The van der Waals surface area contributed by atoms with Crippen molar-refractivity contribution in [3.63, 3.8) is 0 Å². The molecule has 0 saturated carbocycles. The summed E-state index contributed by atoms with van der Waals surface area (Å²) in [5.74, 6) is -2.12. The lowest BCUT2D eigenvalue weighted by atomic mass is 10.2. The van der Waals surface area contributed by atoms with E-state index in [1.165, 1.54) is 37.4 Å². The van der Waals surface area contributed by atoms with Gasteiger partial charge in [0.1, 0.15) is 17.3 Å². The molecule has 7 nitrogen and oxygen atoms in total. The van der Waals surface area contributed by atoms with Crippen LogP contribution in [0.3, 0.4) is 0 Å². The lowest BCUT2D eigenvalue weighted by Gasteiger charge is -2.10. The third-order valence-corrected chi connectivity index (χ3v) is 4.85. The first kappa shape index (κ1) is 19.7. The second kappa shape index (κ2) is 8.15. The molecule has 138 valence electrons. The highest BCUT2D eigenvalue weighted by atomic mass is 35.5. The fourth-order valence-electron chi connectivity index (χ4n) is 1.92. The van der Waals surface area contributed by atoms with Crippen molar-refractivity contribution in [3.8, 4) is 0 Å². The van der Waals surface area contributed by atoms with Crippen LogP contribution >= 0.6 is 11.6 Å². The summed E-state index contributed by atoms with van der Waals surface area (Å²) in [4.78, 5) is 22.3. The molecule has 0 aliphatic heterocycles. The molecule has 26 heavy (non-hydrogen) atoms. The Kier molecular flexibility index (Phi) is 6.17. The minimum atomic E-state index is -4.16. The molecule has 0 unspecified atom stereocenters. The van der Waals surface area contributed by atoms with E-state index in [-0.39, 0.29) is 22.8 Å². The Hall–Kier alpha value is -2.65. The van der Waals surface area contributed by atoms with Crippen LogP contribution in [-0.4, -0.2) is 33.9 Å². The van der Waals surface area contributed by atoms with Gasteiger partial charge >= 0.3 is 5.97 Å². The molecule has 0 fully saturated rings. The number of esters is 1. The minimum Gasteiger partial charge on any atom is -0.468 e. The van der Waals surface area contributed by atoms with Crippen LogP contribution in [0.1, 0.15) is 10.4 Å². The number of carbonyl (C=O) groups is 2. The lowest BCUT2D eigenvalue weighted by Crippen LogP contribution is -2.30. The predicted octanol–water partition coefficient (Wildman–Crippen LogP) is 2.18. The van der Waals surface area contributed by atoms with E-state index in [1.807, 2.05) is 0 Å². The fourth-order valence-corrected chi connectivity index (χ4v) is 3.20. The van der Waals surface area contributed by atoms with Gasteiger partial charge in [-0.3, -0.25) is 14.3 Å². The van der Waals surface area contributed by atoms with Crippen molar-refractivity contribution in [2.45, 2.75) is 4.90 Å². The monoisotopic (exact) mass is 400 g/mol. The Morgan fingerprint density at radius 2 is 1.81 bits per heavy atom. The number of rotatable bonds is 6. The van der Waals surface area contributed by atoms with Crippen LogP contribution in [0.25, 0.3) is 0 Å². The number of ether oxygens (including phenoxy) is 1. The Balaban J connectivity index is 2.11. The van der Waals surface area contributed by atoms with Crippen LogP contribution < -0.4 is 10.0 Å². The van der Waals surface area contributed by atoms with Crippen molar-refractivity contribution in [3.05, 3.63) is 58.9 Å². The van der Waals surface area contributed by atoms with Gasteiger partial charge in [0.2, 0.25) is 0 Å². The van der Waals surface area contributed by atoms with Crippen molar-refractivity contribution in [1.82, 2.24) is 5.32 Å². The zero-order valence-electron chi connectivity index (χ0n) is 13.5. The molecule has 2 rings (SSSR count). The molecule has 10 heteroatoms. The zero-order valence-corrected chi connectivity index (χ0v) is 15.0. The third-order valence-electron chi connectivity index (χ3n) is 3.20. The maximum atomic E-state index is 13.8. The van der Waals surface area contributed by atoms with E-state index >= 15 is 0 Å². The smallest absolute Gasteiger partial charge is 0.325 e. The molecule has 0 atom stereocenters. The van der Waals surface area contributed by atoms with Gasteiger partial charge in [-0.1, -0.05) is 11.6 Å². The molecule has 2 aromatic carbocycles. The number of halogens is 2. The van der Waals surface area contributed by atoms with Crippen molar-refractivity contribution in [2.75, 3.05) is 18.4 Å². The summed E-state index contributed by atoms with van der Waals surface area (Å²) < 4.78 is 44.9. The first-order chi connectivity index (χ1) is 12.2. The van der Waals surface area contributed by atoms with Gasteiger partial charge in [-0.05, 0) is 42.5 Å². The molecule has 0 bridgehead atoms. The number of methoxy groups -OCH3 is 1. The quantitative estimate of drug-likeness (QED) is 0.724. The molecule has 2 N–H and O–H groups in total. The van der Waals surface area contributed by atoms with E-state index in [1.54, 1.807) is 0 Å². The van der Waals surface area contributed by atoms with Gasteiger partial charge in [-0.2, -0.15) is 0 Å². The van der Waals surface area contributed by atoms with Crippen molar-refractivity contribution >= 4 is 39.2 Å². The van der Waals surface area contributed by atoms with E-state index in [2.05, 4.69) is 14.8 Å². The van der Waals surface area contributed by atoms with Gasteiger partial charge in [-0.15, -0.1) is 0 Å². The predicted molar refractivity (Wildman–Crippen MR) is 93.0 cm³/mol. The second-order valence-corrected chi connectivity index (χ2v) is 7.10. The lowest BCUT2D eigenvalue weighted by molar-refractivity contribution is -0.139. The van der Waals surface area contributed by atoms with Crippen molar-refractivity contribution in [1.29, 1.82) is 0 Å².